The van der Waals surface area contributed by atoms with Crippen molar-refractivity contribution in [2.45, 2.75) is 12.8 Å². The summed E-state index contributed by atoms with van der Waals surface area (Å²) in [4.78, 5) is 47.5. The van der Waals surface area contributed by atoms with Gasteiger partial charge in [0.15, 0.2) is 0 Å². The number of thiazole rings is 1. The molecule has 33 heavy (non-hydrogen) atoms. The van der Waals surface area contributed by atoms with Gasteiger partial charge in [-0.3, -0.25) is 19.3 Å². The van der Waals surface area contributed by atoms with Crippen LogP contribution in [0.2, 0.25) is 0 Å². The van der Waals surface area contributed by atoms with Crippen molar-refractivity contribution in [2.75, 3.05) is 13.7 Å². The van der Waals surface area contributed by atoms with Gasteiger partial charge in [-0.25, -0.2) is 9.59 Å². The fourth-order valence-electron chi connectivity index (χ4n) is 3.66. The van der Waals surface area contributed by atoms with E-state index in [-0.39, 0.29) is 28.2 Å². The first-order valence-electron chi connectivity index (χ1n) is 10.0. The smallest absolute Gasteiger partial charge is 0.338 e. The number of pyridine rings is 2. The molecule has 168 valence electrons. The van der Waals surface area contributed by atoms with Crippen LogP contribution >= 0.6 is 11.3 Å². The van der Waals surface area contributed by atoms with Crippen molar-refractivity contribution >= 4 is 40.7 Å². The Labute approximate surface area is 192 Å². The van der Waals surface area contributed by atoms with Crippen LogP contribution in [0.15, 0.2) is 59.4 Å². The van der Waals surface area contributed by atoms with Crippen molar-refractivity contribution < 1.29 is 19.1 Å². The standard InChI is InChI=1S/C23H20N4O5S/c1-3-32-23(30)18-16(14-7-5-9-26-12-14)17(22(29)31-2)19(24)27-20(28)15(33-21(18)27)10-13-6-4-8-25-11-13/h4-12,16H,3,24H2,1-2H3/t16-/m1/s1. The quantitative estimate of drug-likeness (QED) is 0.536. The summed E-state index contributed by atoms with van der Waals surface area (Å²) < 4.78 is 12.0. The molecular weight excluding hydrogens is 444 g/mol. The number of fused-ring (bicyclic) bond motifs is 1. The Balaban J connectivity index is 2.13. The molecule has 9 nitrogen and oxygen atoms in total. The van der Waals surface area contributed by atoms with E-state index in [2.05, 4.69) is 9.97 Å². The topological polar surface area (TPSA) is 126 Å². The van der Waals surface area contributed by atoms with Gasteiger partial charge in [0.1, 0.15) is 10.5 Å². The molecule has 0 aliphatic carbocycles. The zero-order chi connectivity index (χ0) is 23.5. The minimum atomic E-state index is -0.922. The highest BCUT2D eigenvalue weighted by molar-refractivity contribution is 7.07. The molecular formula is C23H20N4O5S. The minimum Gasteiger partial charge on any atom is -0.466 e. The van der Waals surface area contributed by atoms with E-state index in [9.17, 15) is 14.4 Å². The summed E-state index contributed by atoms with van der Waals surface area (Å²) in [6.07, 6.45) is 7.99. The van der Waals surface area contributed by atoms with E-state index in [0.29, 0.717) is 15.7 Å². The third-order valence-corrected chi connectivity index (χ3v) is 6.16. The molecule has 0 aromatic carbocycles. The molecule has 3 aromatic heterocycles. The summed E-state index contributed by atoms with van der Waals surface area (Å²) in [5, 5.41) is 0. The molecule has 3 aromatic rings. The molecule has 0 fully saturated rings. The lowest BCUT2D eigenvalue weighted by Crippen LogP contribution is -2.41. The highest BCUT2D eigenvalue weighted by atomic mass is 32.1. The molecule has 10 heteroatoms. The van der Waals surface area contributed by atoms with Crippen molar-refractivity contribution in [3.63, 3.8) is 0 Å². The van der Waals surface area contributed by atoms with Crippen LogP contribution in [0.1, 0.15) is 24.0 Å². The number of methoxy groups -OCH3 is 1. The zero-order valence-electron chi connectivity index (χ0n) is 17.8. The molecule has 0 unspecified atom stereocenters. The number of aromatic nitrogens is 3. The van der Waals surface area contributed by atoms with Gasteiger partial charge in [-0.05, 0) is 36.3 Å². The van der Waals surface area contributed by atoms with Crippen molar-refractivity contribution in [3.05, 3.63) is 85.3 Å². The van der Waals surface area contributed by atoms with E-state index in [4.69, 9.17) is 15.2 Å². The van der Waals surface area contributed by atoms with Crippen LogP contribution in [0.3, 0.4) is 0 Å². The van der Waals surface area contributed by atoms with Gasteiger partial charge < -0.3 is 15.2 Å². The van der Waals surface area contributed by atoms with Gasteiger partial charge in [-0.15, -0.1) is 11.3 Å². The van der Waals surface area contributed by atoms with Crippen LogP contribution in [0, 0.1) is 0 Å². The lowest BCUT2D eigenvalue weighted by atomic mass is 9.84. The third kappa shape index (κ3) is 3.96. The Bertz CT molecular complexity index is 1420. The van der Waals surface area contributed by atoms with Gasteiger partial charge in [0.25, 0.3) is 5.56 Å². The number of hydrogen-bond donors (Lipinski definition) is 1. The van der Waals surface area contributed by atoms with Crippen LogP contribution in [-0.2, 0) is 19.1 Å². The largest absolute Gasteiger partial charge is 0.466 e. The molecule has 2 N–H and O–H groups in total. The van der Waals surface area contributed by atoms with E-state index in [1.54, 1.807) is 55.9 Å². The number of carbonyl (C=O) groups is 2. The van der Waals surface area contributed by atoms with Crippen LogP contribution in [0.5, 0.6) is 0 Å². The maximum absolute atomic E-state index is 13.3. The van der Waals surface area contributed by atoms with Gasteiger partial charge in [0, 0.05) is 24.8 Å². The fraction of sp³-hybridized carbons (Fsp3) is 0.174. The maximum atomic E-state index is 13.3. The second-order valence-corrected chi connectivity index (χ2v) is 8.02. The summed E-state index contributed by atoms with van der Waals surface area (Å²) in [6.45, 7) is 1.79. The number of carbonyl (C=O) groups excluding carboxylic acids is 2. The van der Waals surface area contributed by atoms with Gasteiger partial charge in [0.05, 0.1) is 35.3 Å². The summed E-state index contributed by atoms with van der Waals surface area (Å²) in [5.41, 5.74) is 7.23. The van der Waals surface area contributed by atoms with E-state index >= 15 is 0 Å². The Kier molecular flexibility index (Phi) is 6.18. The summed E-state index contributed by atoms with van der Waals surface area (Å²) >= 11 is 1.09. The number of ether oxygens (including phenoxy) is 2. The van der Waals surface area contributed by atoms with Crippen molar-refractivity contribution in [1.82, 2.24) is 14.5 Å². The first kappa shape index (κ1) is 22.2. The lowest BCUT2D eigenvalue weighted by molar-refractivity contribution is -0.136. The van der Waals surface area contributed by atoms with E-state index < -0.39 is 23.4 Å². The van der Waals surface area contributed by atoms with Gasteiger partial charge in [-0.2, -0.15) is 0 Å². The first-order chi connectivity index (χ1) is 16.0. The average Bonchev–Trinajstić information content (AvgIpc) is 3.15. The van der Waals surface area contributed by atoms with Crippen molar-refractivity contribution in [1.29, 1.82) is 0 Å². The second kappa shape index (κ2) is 9.21. The molecule has 4 rings (SSSR count). The Morgan fingerprint density at radius 1 is 1.15 bits per heavy atom. The summed E-state index contributed by atoms with van der Waals surface area (Å²) in [5.74, 6) is -2.45. The van der Waals surface area contributed by atoms with Crippen LogP contribution in [0.4, 0.5) is 0 Å². The Morgan fingerprint density at radius 2 is 1.88 bits per heavy atom. The number of nitrogens with two attached hydrogens (primary N) is 1. The molecule has 0 bridgehead atoms. The van der Waals surface area contributed by atoms with Gasteiger partial charge >= 0.3 is 11.9 Å². The number of esters is 2. The summed E-state index contributed by atoms with van der Waals surface area (Å²) in [6, 6.07) is 6.94. The first-order valence-corrected chi connectivity index (χ1v) is 10.8. The number of hydrogen-bond acceptors (Lipinski definition) is 9. The third-order valence-electron chi connectivity index (χ3n) is 5.05. The van der Waals surface area contributed by atoms with Crippen LogP contribution < -0.4 is 20.5 Å². The molecule has 1 aliphatic rings. The molecule has 4 heterocycles. The molecule has 0 amide bonds. The van der Waals surface area contributed by atoms with E-state index in [0.717, 1.165) is 15.9 Å². The number of rotatable bonds is 5. The molecule has 0 spiro atoms. The Hall–Kier alpha value is -4.05. The predicted molar refractivity (Wildman–Crippen MR) is 122 cm³/mol. The monoisotopic (exact) mass is 464 g/mol. The highest BCUT2D eigenvalue weighted by Crippen LogP contribution is 2.37. The molecule has 1 aliphatic heterocycles. The Morgan fingerprint density at radius 3 is 2.48 bits per heavy atom. The van der Waals surface area contributed by atoms with Crippen molar-refractivity contribution in [3.8, 4) is 0 Å². The fourth-order valence-corrected chi connectivity index (χ4v) is 4.82. The lowest BCUT2D eigenvalue weighted by Gasteiger charge is -2.26. The van der Waals surface area contributed by atoms with E-state index in [1.165, 1.54) is 13.3 Å². The second-order valence-electron chi connectivity index (χ2n) is 6.99. The SMILES string of the molecule is CCOC(=O)C1=c2sc(=Cc3cccnc3)c(=O)n2C(N)=C(C(=O)OC)[C@H]1c1cccnc1. The zero-order valence-corrected chi connectivity index (χ0v) is 18.7. The molecule has 0 radical (unpaired) electrons. The predicted octanol–water partition coefficient (Wildman–Crippen LogP) is 0.340. The minimum absolute atomic E-state index is 0.0334. The van der Waals surface area contributed by atoms with Gasteiger partial charge in [0.2, 0.25) is 0 Å². The summed E-state index contributed by atoms with van der Waals surface area (Å²) in [7, 11) is 1.21. The van der Waals surface area contributed by atoms with E-state index in [1.807, 2.05) is 0 Å². The van der Waals surface area contributed by atoms with Gasteiger partial charge in [-0.1, -0.05) is 12.1 Å². The van der Waals surface area contributed by atoms with Crippen LogP contribution in [0.25, 0.3) is 17.5 Å². The molecule has 1 atom stereocenters. The average molecular weight is 465 g/mol. The van der Waals surface area contributed by atoms with Crippen LogP contribution in [-0.4, -0.2) is 40.2 Å². The molecule has 0 saturated heterocycles. The highest BCUT2D eigenvalue weighted by Gasteiger charge is 2.39. The number of nitrogens with zero attached hydrogens (tertiary/aromatic N) is 3. The normalized spacial score (nSPS) is 15.9. The maximum Gasteiger partial charge on any atom is 0.338 e. The molecule has 0 saturated carbocycles. The van der Waals surface area contributed by atoms with Crippen molar-refractivity contribution in [2.24, 2.45) is 5.73 Å².